The van der Waals surface area contributed by atoms with E-state index >= 15 is 0 Å². The van der Waals surface area contributed by atoms with Crippen LogP contribution in [-0.4, -0.2) is 42.5 Å². The first-order chi connectivity index (χ1) is 11.7. The lowest BCUT2D eigenvalue weighted by Crippen LogP contribution is -2.48. The number of rotatable bonds is 9. The Morgan fingerprint density at radius 3 is 2.08 bits per heavy atom. The van der Waals surface area contributed by atoms with Crippen LogP contribution in [0.5, 0.6) is 5.75 Å². The van der Waals surface area contributed by atoms with Crippen molar-refractivity contribution in [2.75, 3.05) is 13.4 Å². The predicted molar refractivity (Wildman–Crippen MR) is 105 cm³/mol. The molecule has 1 aromatic rings. The summed E-state index contributed by atoms with van der Waals surface area (Å²) in [5.41, 5.74) is 0.932. The summed E-state index contributed by atoms with van der Waals surface area (Å²) < 4.78 is 45.5. The highest BCUT2D eigenvalue weighted by atomic mass is 32.2. The molecule has 2 unspecified atom stereocenters. The molecule has 8 heteroatoms. The molecule has 0 aliphatic rings. The van der Waals surface area contributed by atoms with Crippen LogP contribution in [0.25, 0.3) is 0 Å². The molecule has 0 saturated heterocycles. The Hall–Kier alpha value is -0.933. The van der Waals surface area contributed by atoms with Crippen molar-refractivity contribution in [1.82, 2.24) is 0 Å². The molecule has 0 aromatic heterocycles. The van der Waals surface area contributed by atoms with E-state index in [9.17, 15) is 8.42 Å². The van der Waals surface area contributed by atoms with Crippen molar-refractivity contribution in [2.24, 2.45) is 0 Å². The minimum Gasteiger partial charge on any atom is -0.497 e. The van der Waals surface area contributed by atoms with Gasteiger partial charge in [-0.1, -0.05) is 32.9 Å². The number of benzene rings is 1. The van der Waals surface area contributed by atoms with Gasteiger partial charge in [0.2, 0.25) is 0 Å². The average Bonchev–Trinajstić information content (AvgIpc) is 2.49. The van der Waals surface area contributed by atoms with Gasteiger partial charge in [-0.05, 0) is 42.8 Å². The normalized spacial score (nSPS) is 15.5. The maximum Gasteiger partial charge on any atom is 0.264 e. The highest BCUT2D eigenvalue weighted by Gasteiger charge is 2.41. The van der Waals surface area contributed by atoms with Gasteiger partial charge >= 0.3 is 0 Å². The van der Waals surface area contributed by atoms with Crippen molar-refractivity contribution in [3.05, 3.63) is 29.8 Å². The Labute approximate surface area is 159 Å². The zero-order chi connectivity index (χ0) is 20.2. The van der Waals surface area contributed by atoms with Gasteiger partial charge in [-0.3, -0.25) is 4.18 Å². The predicted octanol–water partition coefficient (Wildman–Crippen LogP) is 3.92. The van der Waals surface area contributed by atoms with Gasteiger partial charge in [0.1, 0.15) is 11.9 Å². The zero-order valence-corrected chi connectivity index (χ0v) is 18.8. The van der Waals surface area contributed by atoms with Crippen LogP contribution in [0.3, 0.4) is 0 Å². The van der Waals surface area contributed by atoms with Crippen LogP contribution in [0.1, 0.15) is 33.3 Å². The molecule has 0 bridgehead atoms. The number of ether oxygens (including phenoxy) is 2. The summed E-state index contributed by atoms with van der Waals surface area (Å²) in [5.74, 6) is 0.761. The first kappa shape index (κ1) is 23.1. The number of hydrogen-bond donors (Lipinski definition) is 0. The van der Waals surface area contributed by atoms with Crippen LogP contribution in [0.4, 0.5) is 0 Å². The molecule has 0 saturated carbocycles. The quantitative estimate of drug-likeness (QED) is 0.353. The van der Waals surface area contributed by atoms with Crippen molar-refractivity contribution < 1.29 is 26.5 Å². The average molecular weight is 405 g/mol. The first-order valence-electron chi connectivity index (χ1n) is 8.56. The Bertz CT molecular complexity index is 664. The van der Waals surface area contributed by atoms with E-state index in [0.717, 1.165) is 17.6 Å². The van der Waals surface area contributed by atoms with Gasteiger partial charge in [-0.25, -0.2) is 0 Å². The van der Waals surface area contributed by atoms with E-state index in [0.29, 0.717) is 0 Å². The zero-order valence-electron chi connectivity index (χ0n) is 17.0. The Kier molecular flexibility index (Phi) is 7.85. The van der Waals surface area contributed by atoms with Gasteiger partial charge in [-0.2, -0.15) is 8.42 Å². The van der Waals surface area contributed by atoms with E-state index in [-0.39, 0.29) is 11.6 Å². The lowest BCUT2D eigenvalue weighted by Gasteiger charge is -2.40. The molecule has 0 aliphatic carbocycles. The molecule has 0 radical (unpaired) electrons. The maximum atomic E-state index is 11.5. The monoisotopic (exact) mass is 404 g/mol. The second-order valence-corrected chi connectivity index (χ2v) is 14.3. The van der Waals surface area contributed by atoms with Crippen LogP contribution in [0.2, 0.25) is 18.1 Å². The molecule has 1 aromatic carbocycles. The fourth-order valence-corrected chi connectivity index (χ4v) is 3.79. The fraction of sp³-hybridized carbons (Fsp3) is 0.667. The van der Waals surface area contributed by atoms with Gasteiger partial charge in [-0.15, -0.1) is 0 Å². The summed E-state index contributed by atoms with van der Waals surface area (Å²) in [4.78, 5) is 0. The summed E-state index contributed by atoms with van der Waals surface area (Å²) in [7, 11) is -4.18. The molecule has 6 nitrogen and oxygen atoms in total. The molecule has 0 aliphatic heterocycles. The summed E-state index contributed by atoms with van der Waals surface area (Å²) in [6.45, 7) is 12.4. The molecule has 1 rings (SSSR count). The van der Waals surface area contributed by atoms with Crippen molar-refractivity contribution in [3.8, 4) is 5.75 Å². The third-order valence-electron chi connectivity index (χ3n) is 4.50. The molecule has 0 spiro atoms. The van der Waals surface area contributed by atoms with Gasteiger partial charge in [0, 0.05) is 0 Å². The van der Waals surface area contributed by atoms with E-state index in [1.54, 1.807) is 14.0 Å². The van der Waals surface area contributed by atoms with Crippen molar-refractivity contribution in [2.45, 2.75) is 64.8 Å². The minimum atomic E-state index is -3.61. The summed E-state index contributed by atoms with van der Waals surface area (Å²) >= 11 is 0. The van der Waals surface area contributed by atoms with Gasteiger partial charge in [0.05, 0.1) is 20.0 Å². The number of methoxy groups -OCH3 is 1. The Morgan fingerprint density at radius 1 is 1.12 bits per heavy atom. The highest BCUT2D eigenvalue weighted by Crippen LogP contribution is 2.38. The van der Waals surface area contributed by atoms with Crippen LogP contribution < -0.4 is 4.74 Å². The second-order valence-electron chi connectivity index (χ2n) is 7.91. The van der Waals surface area contributed by atoms with E-state index in [4.69, 9.17) is 18.1 Å². The summed E-state index contributed by atoms with van der Waals surface area (Å²) in [5, 5.41) is -0.0421. The Balaban J connectivity index is 2.92. The molecule has 0 N–H and O–H groups in total. The van der Waals surface area contributed by atoms with Crippen LogP contribution >= 0.6 is 0 Å². The van der Waals surface area contributed by atoms with E-state index in [1.165, 1.54) is 0 Å². The van der Waals surface area contributed by atoms with Crippen LogP contribution in [-0.2, 0) is 30.1 Å². The van der Waals surface area contributed by atoms with Crippen molar-refractivity contribution in [1.29, 1.82) is 0 Å². The third kappa shape index (κ3) is 7.36. The van der Waals surface area contributed by atoms with Gasteiger partial charge in [0.25, 0.3) is 10.1 Å². The molecule has 26 heavy (non-hydrogen) atoms. The molecule has 0 fully saturated rings. The van der Waals surface area contributed by atoms with E-state index < -0.39 is 30.8 Å². The molecule has 0 heterocycles. The van der Waals surface area contributed by atoms with Gasteiger partial charge in [0.15, 0.2) is 14.6 Å². The van der Waals surface area contributed by atoms with Crippen molar-refractivity contribution in [3.63, 3.8) is 0 Å². The third-order valence-corrected chi connectivity index (χ3v) is 9.59. The SMILES string of the molecule is COc1ccc(COC(O[Si](C)(C)C(C)(C)C)C(C)OS(C)(=O)=O)cc1. The van der Waals surface area contributed by atoms with Gasteiger partial charge < -0.3 is 13.9 Å². The molecule has 0 amide bonds. The van der Waals surface area contributed by atoms with Crippen molar-refractivity contribution >= 4 is 18.4 Å². The molecular formula is C18H32O6SSi. The number of hydrogen-bond acceptors (Lipinski definition) is 6. The lowest BCUT2D eigenvalue weighted by atomic mass is 10.2. The topological polar surface area (TPSA) is 71.1 Å². The molecule has 150 valence electrons. The second kappa shape index (κ2) is 8.84. The highest BCUT2D eigenvalue weighted by molar-refractivity contribution is 7.86. The summed E-state index contributed by atoms with van der Waals surface area (Å²) in [6, 6.07) is 7.48. The summed E-state index contributed by atoms with van der Waals surface area (Å²) in [6.07, 6.45) is -0.513. The standard InChI is InChI=1S/C18H32O6SSi/c1-14(23-25(6,19)20)17(24-26(7,8)18(2,3)4)22-13-15-9-11-16(21-5)12-10-15/h9-12,14,17H,13H2,1-8H3. The smallest absolute Gasteiger partial charge is 0.264 e. The largest absolute Gasteiger partial charge is 0.497 e. The van der Waals surface area contributed by atoms with Crippen LogP contribution in [0.15, 0.2) is 24.3 Å². The Morgan fingerprint density at radius 2 is 1.65 bits per heavy atom. The first-order valence-corrected chi connectivity index (χ1v) is 13.3. The molecule has 2 atom stereocenters. The maximum absolute atomic E-state index is 11.5. The lowest BCUT2D eigenvalue weighted by molar-refractivity contribution is -0.145. The van der Waals surface area contributed by atoms with Crippen LogP contribution in [0, 0.1) is 0 Å². The minimum absolute atomic E-state index is 0.0421. The fourth-order valence-electron chi connectivity index (χ4n) is 1.95. The van der Waals surface area contributed by atoms with E-state index in [1.807, 2.05) is 24.3 Å². The van der Waals surface area contributed by atoms with E-state index in [2.05, 4.69) is 33.9 Å². The molecular weight excluding hydrogens is 372 g/mol.